The van der Waals surface area contributed by atoms with E-state index in [2.05, 4.69) is 5.32 Å². The molecule has 0 radical (unpaired) electrons. The number of carbonyl (C=O) groups excluding carboxylic acids is 4. The molecule has 0 spiro atoms. The summed E-state index contributed by atoms with van der Waals surface area (Å²) in [6.45, 7) is -1.55. The highest BCUT2D eigenvalue weighted by Crippen LogP contribution is 2.35. The molecule has 0 saturated carbocycles. The van der Waals surface area contributed by atoms with Crippen LogP contribution in [0.25, 0.3) is 0 Å². The number of amides is 4. The molecule has 8 nitrogen and oxygen atoms in total. The summed E-state index contributed by atoms with van der Waals surface area (Å²) in [5.74, 6) is -11.5. The molecule has 4 amide bonds. The molecule has 0 aromatic heterocycles. The molecular formula is C24H22F6N4O4. The van der Waals surface area contributed by atoms with Crippen molar-refractivity contribution in [3.8, 4) is 0 Å². The van der Waals surface area contributed by atoms with Crippen molar-refractivity contribution in [3.05, 3.63) is 59.9 Å². The van der Waals surface area contributed by atoms with Crippen LogP contribution in [0.15, 0.2) is 48.5 Å². The first-order chi connectivity index (χ1) is 17.6. The van der Waals surface area contributed by atoms with Gasteiger partial charge in [0.05, 0.1) is 24.5 Å². The molecule has 1 aliphatic heterocycles. The molecule has 2 unspecified atom stereocenters. The van der Waals surface area contributed by atoms with Gasteiger partial charge >= 0.3 is 12.1 Å². The van der Waals surface area contributed by atoms with E-state index in [-0.39, 0.29) is 11.3 Å². The number of nitrogens with zero attached hydrogens (tertiary/aromatic N) is 2. The Morgan fingerprint density at radius 1 is 0.974 bits per heavy atom. The maximum atomic E-state index is 13.4. The van der Waals surface area contributed by atoms with Crippen molar-refractivity contribution in [3.63, 3.8) is 0 Å². The van der Waals surface area contributed by atoms with Crippen LogP contribution >= 0.6 is 0 Å². The van der Waals surface area contributed by atoms with Gasteiger partial charge in [-0.05, 0) is 43.3 Å². The Hall–Kier alpha value is -4.10. The highest BCUT2D eigenvalue weighted by atomic mass is 19.4. The van der Waals surface area contributed by atoms with Crippen LogP contribution in [0, 0.1) is 11.7 Å². The largest absolute Gasteiger partial charge is 0.455 e. The average molecular weight is 544 g/mol. The molecule has 38 heavy (non-hydrogen) atoms. The number of halogens is 6. The van der Waals surface area contributed by atoms with Crippen molar-refractivity contribution in [2.75, 3.05) is 29.9 Å². The van der Waals surface area contributed by atoms with E-state index in [0.29, 0.717) is 5.69 Å². The van der Waals surface area contributed by atoms with Crippen LogP contribution in [0.4, 0.5) is 37.7 Å². The summed E-state index contributed by atoms with van der Waals surface area (Å²) in [4.78, 5) is 53.6. The third kappa shape index (κ3) is 5.89. The predicted octanol–water partition coefficient (Wildman–Crippen LogP) is 2.88. The number of carbonyl (C=O) groups is 4. The van der Waals surface area contributed by atoms with E-state index in [9.17, 15) is 45.5 Å². The number of likely N-dealkylation sites (N-methyl/N-ethyl adjacent to an activating group) is 1. The molecule has 1 heterocycles. The van der Waals surface area contributed by atoms with E-state index < -0.39 is 66.6 Å². The SMILES string of the molecule is CC(C(=O)NCC(F)(F)C(F)(F)F)C(=O)NC1CN(C(=O)c2ccc(F)cc2)c2ccccc2N(C)C1=O. The number of hydrogen-bond acceptors (Lipinski definition) is 4. The van der Waals surface area contributed by atoms with E-state index in [1.165, 1.54) is 29.4 Å². The number of hydrogen-bond donors (Lipinski definition) is 2. The van der Waals surface area contributed by atoms with Gasteiger partial charge in [0.2, 0.25) is 11.8 Å². The normalized spacial score (nSPS) is 16.8. The van der Waals surface area contributed by atoms with Crippen molar-refractivity contribution in [1.82, 2.24) is 10.6 Å². The maximum absolute atomic E-state index is 13.4. The minimum absolute atomic E-state index is 0.0709. The zero-order chi connectivity index (χ0) is 28.4. The molecule has 0 fully saturated rings. The number of para-hydroxylation sites is 2. The van der Waals surface area contributed by atoms with Crippen LogP contribution in [-0.2, 0) is 14.4 Å². The van der Waals surface area contributed by atoms with E-state index in [0.717, 1.165) is 24.0 Å². The number of fused-ring (bicyclic) bond motifs is 1. The van der Waals surface area contributed by atoms with Crippen LogP contribution < -0.4 is 20.4 Å². The van der Waals surface area contributed by atoms with Crippen molar-refractivity contribution in [1.29, 1.82) is 0 Å². The Labute approximate surface area is 212 Å². The monoisotopic (exact) mass is 544 g/mol. The molecule has 2 atom stereocenters. The number of benzene rings is 2. The third-order valence-corrected chi connectivity index (χ3v) is 5.87. The fraction of sp³-hybridized carbons (Fsp3) is 0.333. The summed E-state index contributed by atoms with van der Waals surface area (Å²) in [5.41, 5.74) is 0.654. The van der Waals surface area contributed by atoms with Crippen molar-refractivity contribution >= 4 is 35.0 Å². The summed E-state index contributed by atoms with van der Waals surface area (Å²) in [5, 5.41) is 3.66. The predicted molar refractivity (Wildman–Crippen MR) is 123 cm³/mol. The fourth-order valence-corrected chi connectivity index (χ4v) is 3.60. The number of nitrogens with one attached hydrogen (secondary N) is 2. The average Bonchev–Trinajstić information content (AvgIpc) is 2.97. The van der Waals surface area contributed by atoms with Gasteiger partial charge in [0, 0.05) is 12.6 Å². The van der Waals surface area contributed by atoms with Gasteiger partial charge in [0.15, 0.2) is 0 Å². The topological polar surface area (TPSA) is 98.8 Å². The zero-order valence-corrected chi connectivity index (χ0v) is 20.0. The molecule has 2 aromatic rings. The Bertz CT molecular complexity index is 1240. The number of anilines is 2. The van der Waals surface area contributed by atoms with Crippen LogP contribution in [0.5, 0.6) is 0 Å². The van der Waals surface area contributed by atoms with Crippen LogP contribution in [-0.4, -0.2) is 61.9 Å². The lowest BCUT2D eigenvalue weighted by molar-refractivity contribution is -0.278. The van der Waals surface area contributed by atoms with Gasteiger partial charge in [-0.25, -0.2) is 4.39 Å². The molecular weight excluding hydrogens is 522 g/mol. The summed E-state index contributed by atoms with van der Waals surface area (Å²) in [7, 11) is 1.38. The van der Waals surface area contributed by atoms with E-state index in [4.69, 9.17) is 0 Å². The Morgan fingerprint density at radius 3 is 2.13 bits per heavy atom. The number of rotatable bonds is 6. The van der Waals surface area contributed by atoms with Gasteiger partial charge in [-0.2, -0.15) is 22.0 Å². The second kappa shape index (κ2) is 10.7. The Balaban J connectivity index is 1.82. The lowest BCUT2D eigenvalue weighted by Gasteiger charge is -2.26. The molecule has 2 aromatic carbocycles. The summed E-state index contributed by atoms with van der Waals surface area (Å²) >= 11 is 0. The minimum Gasteiger partial charge on any atom is -0.349 e. The van der Waals surface area contributed by atoms with E-state index in [1.54, 1.807) is 24.3 Å². The van der Waals surface area contributed by atoms with Gasteiger partial charge in [-0.3, -0.25) is 19.2 Å². The van der Waals surface area contributed by atoms with Crippen LogP contribution in [0.1, 0.15) is 17.3 Å². The van der Waals surface area contributed by atoms with Crippen molar-refractivity contribution < 1.29 is 45.5 Å². The van der Waals surface area contributed by atoms with Crippen LogP contribution in [0.3, 0.4) is 0 Å². The molecule has 0 saturated heterocycles. The summed E-state index contributed by atoms with van der Waals surface area (Å²) < 4.78 is 76.7. The first-order valence-electron chi connectivity index (χ1n) is 11.1. The Morgan fingerprint density at radius 2 is 1.55 bits per heavy atom. The molecule has 0 aliphatic carbocycles. The minimum atomic E-state index is -5.90. The second-order valence-corrected chi connectivity index (χ2v) is 8.51. The Kier molecular flexibility index (Phi) is 8.03. The first kappa shape index (κ1) is 28.5. The number of alkyl halides is 5. The van der Waals surface area contributed by atoms with Crippen molar-refractivity contribution in [2.24, 2.45) is 5.92 Å². The van der Waals surface area contributed by atoms with E-state index >= 15 is 0 Å². The molecule has 2 N–H and O–H groups in total. The highest BCUT2D eigenvalue weighted by molar-refractivity contribution is 6.13. The molecule has 204 valence electrons. The fourth-order valence-electron chi connectivity index (χ4n) is 3.60. The second-order valence-electron chi connectivity index (χ2n) is 8.51. The molecule has 14 heteroatoms. The first-order valence-corrected chi connectivity index (χ1v) is 11.1. The van der Waals surface area contributed by atoms with Gasteiger partial charge < -0.3 is 20.4 Å². The van der Waals surface area contributed by atoms with Gasteiger partial charge in [0.1, 0.15) is 17.8 Å². The molecule has 3 rings (SSSR count). The third-order valence-electron chi connectivity index (χ3n) is 5.87. The van der Waals surface area contributed by atoms with Gasteiger partial charge in [-0.15, -0.1) is 0 Å². The summed E-state index contributed by atoms with van der Waals surface area (Å²) in [6.07, 6.45) is -5.90. The molecule has 0 bridgehead atoms. The lowest BCUT2D eigenvalue weighted by Crippen LogP contribution is -2.55. The summed E-state index contributed by atoms with van der Waals surface area (Å²) in [6, 6.07) is 9.44. The van der Waals surface area contributed by atoms with Gasteiger partial charge in [-0.1, -0.05) is 12.1 Å². The highest BCUT2D eigenvalue weighted by Gasteiger charge is 2.57. The lowest BCUT2D eigenvalue weighted by atomic mass is 10.1. The van der Waals surface area contributed by atoms with Gasteiger partial charge in [0.25, 0.3) is 11.8 Å². The van der Waals surface area contributed by atoms with E-state index in [1.807, 2.05) is 0 Å². The van der Waals surface area contributed by atoms with Crippen LogP contribution in [0.2, 0.25) is 0 Å². The zero-order valence-electron chi connectivity index (χ0n) is 20.0. The molecule has 1 aliphatic rings. The van der Waals surface area contributed by atoms with Crippen molar-refractivity contribution in [2.45, 2.75) is 25.1 Å². The smallest absolute Gasteiger partial charge is 0.349 e. The maximum Gasteiger partial charge on any atom is 0.455 e. The quantitative estimate of drug-likeness (QED) is 0.432. The standard InChI is InChI=1S/C24H22F6N4O4/c1-13(19(35)31-12-23(26,27)24(28,29)30)20(36)32-16-11-34(21(37)14-7-9-15(25)10-8-14)18-6-4-3-5-17(18)33(2)22(16)38/h3-10,13,16H,11-12H2,1-2H3,(H,31,35)(H,32,36).